The molecule has 2 aromatic heterocycles. The van der Waals surface area contributed by atoms with Crippen LogP contribution in [0.2, 0.25) is 0 Å². The van der Waals surface area contributed by atoms with Gasteiger partial charge in [0.05, 0.1) is 5.57 Å². The van der Waals surface area contributed by atoms with E-state index >= 15 is 0 Å². The minimum Gasteiger partial charge on any atom is -0.478 e. The number of thiophene rings is 1. The molecule has 0 saturated heterocycles. The Labute approximate surface area is 104 Å². The van der Waals surface area contributed by atoms with Crippen LogP contribution in [-0.4, -0.2) is 15.6 Å². The number of aromatic nitrogens is 1. The standard InChI is InChI=1S/C13H13NO2S/c1-2-14-6-5-10(9-14)8-11(13(15)16)12-4-3-7-17-12/h3-9H,2H2,1H3,(H,15,16). The normalized spacial score (nSPS) is 11.7. The lowest BCUT2D eigenvalue weighted by molar-refractivity contribution is -0.130. The molecular formula is C13H13NO2S. The van der Waals surface area contributed by atoms with Crippen molar-refractivity contribution in [2.45, 2.75) is 13.5 Å². The quantitative estimate of drug-likeness (QED) is 0.843. The van der Waals surface area contributed by atoms with Gasteiger partial charge >= 0.3 is 5.97 Å². The van der Waals surface area contributed by atoms with Gasteiger partial charge in [0, 0.05) is 23.8 Å². The maximum absolute atomic E-state index is 11.2. The summed E-state index contributed by atoms with van der Waals surface area (Å²) in [6.07, 6.45) is 5.59. The zero-order valence-electron chi connectivity index (χ0n) is 9.46. The molecule has 2 aromatic rings. The first kappa shape index (κ1) is 11.7. The molecule has 0 amide bonds. The van der Waals surface area contributed by atoms with E-state index in [1.165, 1.54) is 11.3 Å². The molecule has 0 spiro atoms. The second-order valence-electron chi connectivity index (χ2n) is 3.62. The van der Waals surface area contributed by atoms with Crippen LogP contribution in [0.3, 0.4) is 0 Å². The summed E-state index contributed by atoms with van der Waals surface area (Å²) in [6.45, 7) is 2.93. The van der Waals surface area contributed by atoms with Gasteiger partial charge in [-0.2, -0.15) is 0 Å². The number of carboxylic acid groups (broad SMARTS) is 1. The van der Waals surface area contributed by atoms with Crippen LogP contribution in [0.25, 0.3) is 11.6 Å². The summed E-state index contributed by atoms with van der Waals surface area (Å²) in [5.74, 6) is -0.892. The van der Waals surface area contributed by atoms with Crippen LogP contribution in [0.4, 0.5) is 0 Å². The third-order valence-corrected chi connectivity index (χ3v) is 3.37. The molecule has 2 rings (SSSR count). The van der Waals surface area contributed by atoms with Gasteiger partial charge in [-0.1, -0.05) is 6.07 Å². The van der Waals surface area contributed by atoms with Crippen molar-refractivity contribution >= 4 is 29.0 Å². The number of aliphatic carboxylic acids is 1. The van der Waals surface area contributed by atoms with Gasteiger partial charge in [0.15, 0.2) is 0 Å². The van der Waals surface area contributed by atoms with E-state index in [2.05, 4.69) is 0 Å². The Morgan fingerprint density at radius 1 is 1.53 bits per heavy atom. The summed E-state index contributed by atoms with van der Waals surface area (Å²) in [7, 11) is 0. The van der Waals surface area contributed by atoms with E-state index in [9.17, 15) is 9.90 Å². The number of carboxylic acids is 1. The van der Waals surface area contributed by atoms with Gasteiger partial charge in [-0.25, -0.2) is 4.79 Å². The van der Waals surface area contributed by atoms with Crippen molar-refractivity contribution in [2.24, 2.45) is 0 Å². The Morgan fingerprint density at radius 2 is 2.35 bits per heavy atom. The van der Waals surface area contributed by atoms with Crippen LogP contribution in [0, 0.1) is 0 Å². The molecule has 0 saturated carbocycles. The fourth-order valence-electron chi connectivity index (χ4n) is 1.58. The highest BCUT2D eigenvalue weighted by Crippen LogP contribution is 2.23. The van der Waals surface area contributed by atoms with E-state index in [0.717, 1.165) is 17.0 Å². The van der Waals surface area contributed by atoms with Gasteiger partial charge in [0.25, 0.3) is 0 Å². The topological polar surface area (TPSA) is 42.2 Å². The minimum atomic E-state index is -0.892. The van der Waals surface area contributed by atoms with Crippen LogP contribution < -0.4 is 0 Å². The molecule has 2 heterocycles. The summed E-state index contributed by atoms with van der Waals surface area (Å²) in [4.78, 5) is 12.0. The summed E-state index contributed by atoms with van der Waals surface area (Å²) in [5.41, 5.74) is 1.26. The molecule has 4 heteroatoms. The fourth-order valence-corrected chi connectivity index (χ4v) is 2.31. The molecule has 0 atom stereocenters. The zero-order valence-corrected chi connectivity index (χ0v) is 10.3. The molecule has 3 nitrogen and oxygen atoms in total. The molecule has 0 aliphatic rings. The van der Waals surface area contributed by atoms with Crippen molar-refractivity contribution in [3.8, 4) is 0 Å². The highest BCUT2D eigenvalue weighted by molar-refractivity contribution is 7.11. The Hall–Kier alpha value is -1.81. The summed E-state index contributed by atoms with van der Waals surface area (Å²) >= 11 is 1.44. The van der Waals surface area contributed by atoms with Crippen LogP contribution >= 0.6 is 11.3 Å². The average molecular weight is 247 g/mol. The maximum Gasteiger partial charge on any atom is 0.337 e. The molecule has 0 aliphatic carbocycles. The predicted octanol–water partition coefficient (Wildman–Crippen LogP) is 3.19. The van der Waals surface area contributed by atoms with Crippen LogP contribution in [0.5, 0.6) is 0 Å². The number of carbonyl (C=O) groups is 1. The van der Waals surface area contributed by atoms with Crippen LogP contribution in [-0.2, 0) is 11.3 Å². The largest absolute Gasteiger partial charge is 0.478 e. The molecule has 0 radical (unpaired) electrons. The van der Waals surface area contributed by atoms with Crippen molar-refractivity contribution < 1.29 is 9.90 Å². The Bertz CT molecular complexity index is 538. The van der Waals surface area contributed by atoms with Crippen LogP contribution in [0.1, 0.15) is 17.4 Å². The third kappa shape index (κ3) is 2.65. The van der Waals surface area contributed by atoms with E-state index < -0.39 is 5.97 Å². The first-order valence-electron chi connectivity index (χ1n) is 5.35. The van der Waals surface area contributed by atoms with E-state index in [-0.39, 0.29) is 0 Å². The second-order valence-corrected chi connectivity index (χ2v) is 4.56. The van der Waals surface area contributed by atoms with Crippen molar-refractivity contribution in [3.05, 3.63) is 46.4 Å². The van der Waals surface area contributed by atoms with E-state index in [1.54, 1.807) is 6.08 Å². The molecule has 0 aliphatic heterocycles. The first-order chi connectivity index (χ1) is 8.20. The summed E-state index contributed by atoms with van der Waals surface area (Å²) in [5, 5.41) is 11.1. The highest BCUT2D eigenvalue weighted by Gasteiger charge is 2.11. The minimum absolute atomic E-state index is 0.342. The zero-order chi connectivity index (χ0) is 12.3. The number of rotatable bonds is 4. The van der Waals surface area contributed by atoms with Crippen LogP contribution in [0.15, 0.2) is 36.0 Å². The van der Waals surface area contributed by atoms with Gasteiger partial charge in [0.1, 0.15) is 0 Å². The predicted molar refractivity (Wildman–Crippen MR) is 69.9 cm³/mol. The van der Waals surface area contributed by atoms with Crippen molar-refractivity contribution in [3.63, 3.8) is 0 Å². The van der Waals surface area contributed by atoms with E-state index in [4.69, 9.17) is 0 Å². The molecule has 88 valence electrons. The molecule has 0 fully saturated rings. The molecular weight excluding hydrogens is 234 g/mol. The lowest BCUT2D eigenvalue weighted by Gasteiger charge is -1.98. The number of hydrogen-bond donors (Lipinski definition) is 1. The number of hydrogen-bond acceptors (Lipinski definition) is 2. The number of aryl methyl sites for hydroxylation is 1. The molecule has 0 bridgehead atoms. The fraction of sp³-hybridized carbons (Fsp3) is 0.154. The highest BCUT2D eigenvalue weighted by atomic mass is 32.1. The molecule has 17 heavy (non-hydrogen) atoms. The Kier molecular flexibility index (Phi) is 3.44. The third-order valence-electron chi connectivity index (χ3n) is 2.47. The van der Waals surface area contributed by atoms with Crippen molar-refractivity contribution in [1.82, 2.24) is 4.57 Å². The first-order valence-corrected chi connectivity index (χ1v) is 6.23. The summed E-state index contributed by atoms with van der Waals surface area (Å²) < 4.78 is 2.01. The van der Waals surface area contributed by atoms with Crippen molar-refractivity contribution in [1.29, 1.82) is 0 Å². The van der Waals surface area contributed by atoms with Gasteiger partial charge < -0.3 is 9.67 Å². The van der Waals surface area contributed by atoms with Gasteiger partial charge in [0.2, 0.25) is 0 Å². The lowest BCUT2D eigenvalue weighted by Crippen LogP contribution is -1.97. The SMILES string of the molecule is CCn1ccc(C=C(C(=O)O)c2cccs2)c1. The monoisotopic (exact) mass is 247 g/mol. The smallest absolute Gasteiger partial charge is 0.337 e. The van der Waals surface area contributed by atoms with Crippen molar-refractivity contribution in [2.75, 3.05) is 0 Å². The molecule has 1 N–H and O–H groups in total. The van der Waals surface area contributed by atoms with E-state index in [1.807, 2.05) is 47.5 Å². The van der Waals surface area contributed by atoms with E-state index in [0.29, 0.717) is 5.57 Å². The maximum atomic E-state index is 11.2. The van der Waals surface area contributed by atoms with Gasteiger partial charge in [-0.15, -0.1) is 11.3 Å². The summed E-state index contributed by atoms with van der Waals surface area (Å²) in [6, 6.07) is 5.59. The van der Waals surface area contributed by atoms with Gasteiger partial charge in [-0.05, 0) is 36.1 Å². The second kappa shape index (κ2) is 5.01. The lowest BCUT2D eigenvalue weighted by atomic mass is 10.1. The average Bonchev–Trinajstić information content (AvgIpc) is 2.96. The Morgan fingerprint density at radius 3 is 2.88 bits per heavy atom. The molecule has 0 unspecified atom stereocenters. The molecule has 0 aromatic carbocycles. The van der Waals surface area contributed by atoms with Gasteiger partial charge in [-0.3, -0.25) is 0 Å². The Balaban J connectivity index is 2.36. The number of nitrogens with zero attached hydrogens (tertiary/aromatic N) is 1.